The van der Waals surface area contributed by atoms with E-state index < -0.39 is 11.6 Å². The molecule has 1 heterocycles. The Hall–Kier alpha value is -0.960. The minimum absolute atomic E-state index is 0.218. The van der Waals surface area contributed by atoms with E-state index in [1.165, 1.54) is 32.1 Å². The van der Waals surface area contributed by atoms with Crippen LogP contribution in [-0.4, -0.2) is 6.61 Å². The van der Waals surface area contributed by atoms with E-state index in [1.807, 2.05) is 6.07 Å². The summed E-state index contributed by atoms with van der Waals surface area (Å²) in [4.78, 5) is 0. The highest BCUT2D eigenvalue weighted by molar-refractivity contribution is 5.33. The molecule has 1 aliphatic heterocycles. The van der Waals surface area contributed by atoms with Gasteiger partial charge in [-0.05, 0) is 54.9 Å². The van der Waals surface area contributed by atoms with E-state index in [0.29, 0.717) is 23.7 Å². The van der Waals surface area contributed by atoms with Crippen LogP contribution in [0.4, 0.5) is 8.78 Å². The Balaban J connectivity index is 1.59. The number of epoxide rings is 1. The minimum atomic E-state index is -0.674. The third-order valence-electron chi connectivity index (χ3n) is 6.24. The second-order valence-electron chi connectivity index (χ2n) is 7.33. The second kappa shape index (κ2) is 5.59. The van der Waals surface area contributed by atoms with E-state index in [-0.39, 0.29) is 12.0 Å². The molecule has 0 bridgehead atoms. The van der Waals surface area contributed by atoms with Crippen molar-refractivity contribution >= 4 is 0 Å². The van der Waals surface area contributed by atoms with Crippen LogP contribution in [0.2, 0.25) is 0 Å². The van der Waals surface area contributed by atoms with Crippen molar-refractivity contribution in [1.82, 2.24) is 0 Å². The Labute approximate surface area is 131 Å². The monoisotopic (exact) mass is 306 g/mol. The molecule has 120 valence electrons. The van der Waals surface area contributed by atoms with Crippen molar-refractivity contribution in [2.24, 2.45) is 17.8 Å². The van der Waals surface area contributed by atoms with Crippen LogP contribution in [0.3, 0.4) is 0 Å². The summed E-state index contributed by atoms with van der Waals surface area (Å²) in [5.41, 5.74) is 1.01. The number of hydrogen-bond donors (Lipinski definition) is 0. The fraction of sp³-hybridized carbons (Fsp3) is 0.684. The molecule has 0 N–H and O–H groups in total. The highest BCUT2D eigenvalue weighted by Gasteiger charge is 2.45. The van der Waals surface area contributed by atoms with Crippen molar-refractivity contribution in [3.05, 3.63) is 34.9 Å². The molecule has 1 aromatic rings. The van der Waals surface area contributed by atoms with Crippen LogP contribution in [0, 0.1) is 29.4 Å². The molecule has 0 spiro atoms. The lowest BCUT2D eigenvalue weighted by Gasteiger charge is -2.22. The maximum atomic E-state index is 14.6. The lowest BCUT2D eigenvalue weighted by atomic mass is 9.83. The summed E-state index contributed by atoms with van der Waals surface area (Å²) < 4.78 is 34.0. The molecule has 3 fully saturated rings. The molecular formula is C19H24F2O. The van der Waals surface area contributed by atoms with Gasteiger partial charge in [-0.3, -0.25) is 0 Å². The topological polar surface area (TPSA) is 12.5 Å². The van der Waals surface area contributed by atoms with Gasteiger partial charge in [-0.2, -0.15) is 0 Å². The molecule has 5 atom stereocenters. The zero-order chi connectivity index (χ0) is 15.3. The standard InChI is InChI=1S/C19H24F2O/c1-2-3-11-4-5-13-12(11)6-7-14(13)15-8-9-16(17-10-22-17)19(21)18(15)20/h8-9,11-14,17H,2-7,10H2,1H3. The highest BCUT2D eigenvalue weighted by Crippen LogP contribution is 2.56. The highest BCUT2D eigenvalue weighted by atomic mass is 19.2. The third-order valence-corrected chi connectivity index (χ3v) is 6.24. The Morgan fingerprint density at radius 1 is 1.00 bits per heavy atom. The Kier molecular flexibility index (Phi) is 3.72. The molecule has 1 nitrogen and oxygen atoms in total. The summed E-state index contributed by atoms with van der Waals surface area (Å²) in [7, 11) is 0. The van der Waals surface area contributed by atoms with E-state index in [0.717, 1.165) is 18.3 Å². The van der Waals surface area contributed by atoms with Crippen LogP contribution in [0.25, 0.3) is 0 Å². The van der Waals surface area contributed by atoms with E-state index in [1.54, 1.807) is 6.07 Å². The van der Waals surface area contributed by atoms with E-state index in [9.17, 15) is 8.78 Å². The Morgan fingerprint density at radius 3 is 2.41 bits per heavy atom. The quantitative estimate of drug-likeness (QED) is 0.683. The van der Waals surface area contributed by atoms with Gasteiger partial charge in [-0.15, -0.1) is 0 Å². The SMILES string of the molecule is CCCC1CCC2C(c3ccc(C4CO4)c(F)c3F)CCC12. The average Bonchev–Trinajstić information content (AvgIpc) is 3.15. The summed E-state index contributed by atoms with van der Waals surface area (Å²) in [5, 5.41) is 0. The molecule has 0 aromatic heterocycles. The molecule has 1 saturated heterocycles. The smallest absolute Gasteiger partial charge is 0.165 e. The molecule has 0 amide bonds. The van der Waals surface area contributed by atoms with Crippen molar-refractivity contribution < 1.29 is 13.5 Å². The average molecular weight is 306 g/mol. The summed E-state index contributed by atoms with van der Waals surface area (Å²) >= 11 is 0. The molecule has 2 saturated carbocycles. The van der Waals surface area contributed by atoms with Gasteiger partial charge >= 0.3 is 0 Å². The van der Waals surface area contributed by atoms with Crippen molar-refractivity contribution in [1.29, 1.82) is 0 Å². The Morgan fingerprint density at radius 2 is 1.68 bits per heavy atom. The number of halogens is 2. The van der Waals surface area contributed by atoms with E-state index in [4.69, 9.17) is 4.74 Å². The van der Waals surface area contributed by atoms with Gasteiger partial charge in [0.1, 0.15) is 6.10 Å². The van der Waals surface area contributed by atoms with E-state index in [2.05, 4.69) is 6.92 Å². The van der Waals surface area contributed by atoms with Gasteiger partial charge in [-0.25, -0.2) is 8.78 Å². The van der Waals surface area contributed by atoms with Gasteiger partial charge < -0.3 is 4.74 Å². The molecule has 3 heteroatoms. The zero-order valence-electron chi connectivity index (χ0n) is 13.2. The first kappa shape index (κ1) is 14.6. The molecule has 4 rings (SSSR count). The molecule has 5 unspecified atom stereocenters. The molecular weight excluding hydrogens is 282 g/mol. The van der Waals surface area contributed by atoms with Gasteiger partial charge in [0.2, 0.25) is 0 Å². The zero-order valence-corrected chi connectivity index (χ0v) is 13.2. The predicted octanol–water partition coefficient (Wildman–Crippen LogP) is 5.36. The number of hydrogen-bond acceptors (Lipinski definition) is 1. The maximum Gasteiger partial charge on any atom is 0.165 e. The van der Waals surface area contributed by atoms with Crippen molar-refractivity contribution in [3.8, 4) is 0 Å². The van der Waals surface area contributed by atoms with Crippen LogP contribution in [-0.2, 0) is 4.74 Å². The largest absolute Gasteiger partial charge is 0.368 e. The minimum Gasteiger partial charge on any atom is -0.368 e. The Bertz CT molecular complexity index is 567. The van der Waals surface area contributed by atoms with Crippen molar-refractivity contribution in [2.75, 3.05) is 6.61 Å². The normalized spacial score (nSPS) is 36.6. The van der Waals surface area contributed by atoms with Gasteiger partial charge in [0.05, 0.1) is 6.61 Å². The maximum absolute atomic E-state index is 14.6. The van der Waals surface area contributed by atoms with Crippen LogP contribution in [0.5, 0.6) is 0 Å². The number of fused-ring (bicyclic) bond motifs is 1. The summed E-state index contributed by atoms with van der Waals surface area (Å²) in [6.45, 7) is 2.76. The van der Waals surface area contributed by atoms with Gasteiger partial charge in [0, 0.05) is 5.56 Å². The fourth-order valence-corrected chi connectivity index (χ4v) is 5.18. The van der Waals surface area contributed by atoms with E-state index >= 15 is 0 Å². The summed E-state index contributed by atoms with van der Waals surface area (Å²) in [5.74, 6) is 1.04. The van der Waals surface area contributed by atoms with Gasteiger partial charge in [0.15, 0.2) is 11.6 Å². The van der Waals surface area contributed by atoms with Crippen molar-refractivity contribution in [2.45, 2.75) is 57.5 Å². The van der Waals surface area contributed by atoms with Crippen LogP contribution in [0.1, 0.15) is 68.6 Å². The van der Waals surface area contributed by atoms with Crippen LogP contribution >= 0.6 is 0 Å². The summed E-state index contributed by atoms with van der Waals surface area (Å²) in [6, 6.07) is 3.58. The van der Waals surface area contributed by atoms with Crippen molar-refractivity contribution in [3.63, 3.8) is 0 Å². The first-order chi connectivity index (χ1) is 10.7. The first-order valence-corrected chi connectivity index (χ1v) is 8.80. The molecule has 3 aliphatic rings. The second-order valence-corrected chi connectivity index (χ2v) is 7.33. The molecule has 22 heavy (non-hydrogen) atoms. The van der Waals surface area contributed by atoms with Gasteiger partial charge in [-0.1, -0.05) is 31.9 Å². The lowest BCUT2D eigenvalue weighted by molar-refractivity contribution is 0.322. The number of ether oxygens (including phenoxy) is 1. The molecule has 2 aliphatic carbocycles. The summed E-state index contributed by atoms with van der Waals surface area (Å²) in [6.07, 6.45) is 6.98. The number of benzene rings is 1. The van der Waals surface area contributed by atoms with Crippen LogP contribution in [0.15, 0.2) is 12.1 Å². The first-order valence-electron chi connectivity index (χ1n) is 8.80. The fourth-order valence-electron chi connectivity index (χ4n) is 5.18. The molecule has 1 aromatic carbocycles. The van der Waals surface area contributed by atoms with Gasteiger partial charge in [0.25, 0.3) is 0 Å². The number of rotatable bonds is 4. The predicted molar refractivity (Wildman–Crippen MR) is 81.6 cm³/mol. The lowest BCUT2D eigenvalue weighted by Crippen LogP contribution is -2.14. The molecule has 0 radical (unpaired) electrons. The third kappa shape index (κ3) is 2.29. The van der Waals surface area contributed by atoms with Crippen LogP contribution < -0.4 is 0 Å².